The Bertz CT molecular complexity index is 934. The van der Waals surface area contributed by atoms with Gasteiger partial charge in [0.05, 0.1) is 22.3 Å². The summed E-state index contributed by atoms with van der Waals surface area (Å²) in [6.07, 6.45) is 0. The van der Waals surface area contributed by atoms with Crippen LogP contribution in [0.15, 0.2) is 51.8 Å². The SMILES string of the molecule is COc1ccc(Br)cc1C1SCCN1S(=O)(=O)c1ccc([N+](=O)[O-])cc1. The minimum absolute atomic E-state index is 0.0320. The van der Waals surface area contributed by atoms with Gasteiger partial charge in [-0.05, 0) is 30.3 Å². The molecule has 1 saturated heterocycles. The van der Waals surface area contributed by atoms with Crippen LogP contribution in [-0.2, 0) is 10.0 Å². The second-order valence-corrected chi connectivity index (χ2v) is 9.47. The molecule has 1 unspecified atom stereocenters. The van der Waals surface area contributed by atoms with Gasteiger partial charge in [-0.15, -0.1) is 11.8 Å². The Morgan fingerprint density at radius 1 is 1.27 bits per heavy atom. The van der Waals surface area contributed by atoms with Crippen molar-refractivity contribution in [2.75, 3.05) is 19.4 Å². The third-order valence-corrected chi connectivity index (χ3v) is 7.71. The number of nitro groups is 1. The third kappa shape index (κ3) is 3.59. The molecule has 2 aromatic carbocycles. The molecule has 0 N–H and O–H groups in total. The maximum absolute atomic E-state index is 13.1. The molecular weight excluding hydrogens is 444 g/mol. The molecule has 1 atom stereocenters. The summed E-state index contributed by atoms with van der Waals surface area (Å²) >= 11 is 4.92. The number of rotatable bonds is 5. The zero-order valence-corrected chi connectivity index (χ0v) is 16.9. The summed E-state index contributed by atoms with van der Waals surface area (Å²) in [6, 6.07) is 10.4. The van der Waals surface area contributed by atoms with Crippen LogP contribution in [0, 0.1) is 10.1 Å². The summed E-state index contributed by atoms with van der Waals surface area (Å²) in [5.74, 6) is 1.25. The second-order valence-electron chi connectivity index (χ2n) is 5.48. The number of nitrogens with zero attached hydrogens (tertiary/aromatic N) is 2. The molecule has 26 heavy (non-hydrogen) atoms. The largest absolute Gasteiger partial charge is 0.496 e. The van der Waals surface area contributed by atoms with Gasteiger partial charge in [0.1, 0.15) is 5.75 Å². The topological polar surface area (TPSA) is 89.8 Å². The molecular formula is C16H15BrN2O5S2. The summed E-state index contributed by atoms with van der Waals surface area (Å²) in [5, 5.41) is 10.4. The Kier molecular flexibility index (Phi) is 5.56. The molecule has 0 amide bonds. The van der Waals surface area contributed by atoms with Gasteiger partial charge in [-0.25, -0.2) is 8.42 Å². The molecule has 7 nitrogen and oxygen atoms in total. The fourth-order valence-corrected chi connectivity index (χ4v) is 6.34. The van der Waals surface area contributed by atoms with Crippen LogP contribution in [0.4, 0.5) is 5.69 Å². The minimum atomic E-state index is -3.80. The van der Waals surface area contributed by atoms with E-state index in [-0.39, 0.29) is 10.6 Å². The van der Waals surface area contributed by atoms with Crippen LogP contribution in [0.5, 0.6) is 5.75 Å². The number of hydrogen-bond donors (Lipinski definition) is 0. The van der Waals surface area contributed by atoms with Crippen molar-refractivity contribution >= 4 is 43.4 Å². The van der Waals surface area contributed by atoms with E-state index in [2.05, 4.69) is 15.9 Å². The van der Waals surface area contributed by atoms with Gasteiger partial charge < -0.3 is 4.74 Å². The number of non-ortho nitro benzene ring substituents is 1. The molecule has 0 saturated carbocycles. The van der Waals surface area contributed by atoms with Crippen LogP contribution >= 0.6 is 27.7 Å². The predicted octanol–water partition coefficient (Wildman–Crippen LogP) is 3.80. The highest BCUT2D eigenvalue weighted by Gasteiger charge is 2.38. The van der Waals surface area contributed by atoms with Gasteiger partial charge in [0, 0.05) is 34.5 Å². The average Bonchev–Trinajstić information content (AvgIpc) is 3.12. The Hall–Kier alpha value is -1.62. The molecule has 1 aliphatic rings. The lowest BCUT2D eigenvalue weighted by Crippen LogP contribution is -2.30. The molecule has 0 spiro atoms. The number of ether oxygens (including phenoxy) is 1. The van der Waals surface area contributed by atoms with Crippen LogP contribution < -0.4 is 4.74 Å². The van der Waals surface area contributed by atoms with Crippen LogP contribution in [0.2, 0.25) is 0 Å². The summed E-state index contributed by atoms with van der Waals surface area (Å²) in [4.78, 5) is 10.3. The van der Waals surface area contributed by atoms with Gasteiger partial charge in [-0.3, -0.25) is 10.1 Å². The van der Waals surface area contributed by atoms with E-state index >= 15 is 0 Å². The molecule has 3 rings (SSSR count). The van der Waals surface area contributed by atoms with Crippen molar-refractivity contribution in [3.8, 4) is 5.75 Å². The number of nitro benzene ring substituents is 1. The number of methoxy groups -OCH3 is 1. The standard InChI is InChI=1S/C16H15BrN2O5S2/c1-24-15-7-2-11(17)10-14(15)16-18(8-9-25-16)26(22,23)13-5-3-12(4-6-13)19(20)21/h2-7,10,16H,8-9H2,1H3. The fraction of sp³-hybridized carbons (Fsp3) is 0.250. The predicted molar refractivity (Wildman–Crippen MR) is 103 cm³/mol. The monoisotopic (exact) mass is 458 g/mol. The molecule has 1 fully saturated rings. The molecule has 0 bridgehead atoms. The summed E-state index contributed by atoms with van der Waals surface area (Å²) in [7, 11) is -2.25. The first-order valence-electron chi connectivity index (χ1n) is 7.56. The van der Waals surface area contributed by atoms with E-state index in [1.54, 1.807) is 13.2 Å². The number of hydrogen-bond acceptors (Lipinski definition) is 6. The number of benzene rings is 2. The van der Waals surface area contributed by atoms with E-state index in [9.17, 15) is 18.5 Å². The van der Waals surface area contributed by atoms with Gasteiger partial charge in [0.25, 0.3) is 5.69 Å². The van der Waals surface area contributed by atoms with E-state index in [0.29, 0.717) is 18.0 Å². The normalized spacial score (nSPS) is 18.0. The smallest absolute Gasteiger partial charge is 0.269 e. The Morgan fingerprint density at radius 3 is 2.58 bits per heavy atom. The number of halogens is 1. The van der Waals surface area contributed by atoms with Gasteiger partial charge in [-0.1, -0.05) is 15.9 Å². The molecule has 0 aliphatic carbocycles. The average molecular weight is 459 g/mol. The van der Waals surface area contributed by atoms with E-state index in [1.165, 1.54) is 40.3 Å². The molecule has 0 radical (unpaired) electrons. The highest BCUT2D eigenvalue weighted by Crippen LogP contribution is 2.45. The Balaban J connectivity index is 1.99. The zero-order valence-electron chi connectivity index (χ0n) is 13.7. The lowest BCUT2D eigenvalue weighted by molar-refractivity contribution is -0.384. The van der Waals surface area contributed by atoms with Crippen molar-refractivity contribution < 1.29 is 18.1 Å². The van der Waals surface area contributed by atoms with Crippen LogP contribution in [0.3, 0.4) is 0 Å². The number of sulfonamides is 1. The highest BCUT2D eigenvalue weighted by molar-refractivity contribution is 9.10. The van der Waals surface area contributed by atoms with Gasteiger partial charge in [-0.2, -0.15) is 4.31 Å². The molecule has 10 heteroatoms. The first kappa shape index (κ1) is 19.2. The maximum atomic E-state index is 13.1. The van der Waals surface area contributed by atoms with Crippen LogP contribution in [0.25, 0.3) is 0 Å². The molecule has 0 aromatic heterocycles. The second kappa shape index (κ2) is 7.55. The first-order chi connectivity index (χ1) is 12.3. The maximum Gasteiger partial charge on any atom is 0.269 e. The minimum Gasteiger partial charge on any atom is -0.496 e. The summed E-state index contributed by atoms with van der Waals surface area (Å²) < 4.78 is 33.8. The molecule has 2 aromatic rings. The van der Waals surface area contributed by atoms with Crippen LogP contribution in [0.1, 0.15) is 10.9 Å². The lowest BCUT2D eigenvalue weighted by Gasteiger charge is -2.25. The van der Waals surface area contributed by atoms with Crippen molar-refractivity contribution in [2.24, 2.45) is 0 Å². The molecule has 1 aliphatic heterocycles. The van der Waals surface area contributed by atoms with E-state index in [0.717, 1.165) is 10.0 Å². The van der Waals surface area contributed by atoms with Gasteiger partial charge in [0.2, 0.25) is 10.0 Å². The third-order valence-electron chi connectivity index (χ3n) is 3.96. The summed E-state index contributed by atoms with van der Waals surface area (Å²) in [5.41, 5.74) is 0.611. The number of thioether (sulfide) groups is 1. The lowest BCUT2D eigenvalue weighted by atomic mass is 10.2. The van der Waals surface area contributed by atoms with Gasteiger partial charge in [0.15, 0.2) is 0 Å². The van der Waals surface area contributed by atoms with E-state index in [1.807, 2.05) is 12.1 Å². The van der Waals surface area contributed by atoms with Crippen molar-refractivity contribution in [3.05, 3.63) is 62.6 Å². The van der Waals surface area contributed by atoms with E-state index in [4.69, 9.17) is 4.74 Å². The highest BCUT2D eigenvalue weighted by atomic mass is 79.9. The van der Waals surface area contributed by atoms with Crippen molar-refractivity contribution in [1.82, 2.24) is 4.31 Å². The fourth-order valence-electron chi connectivity index (χ4n) is 2.72. The Morgan fingerprint density at radius 2 is 1.96 bits per heavy atom. The van der Waals surface area contributed by atoms with Crippen molar-refractivity contribution in [2.45, 2.75) is 10.3 Å². The summed E-state index contributed by atoms with van der Waals surface area (Å²) in [6.45, 7) is 0.352. The zero-order chi connectivity index (χ0) is 18.9. The van der Waals surface area contributed by atoms with E-state index < -0.39 is 20.3 Å². The molecule has 138 valence electrons. The van der Waals surface area contributed by atoms with Crippen molar-refractivity contribution in [1.29, 1.82) is 0 Å². The van der Waals surface area contributed by atoms with Crippen LogP contribution in [-0.4, -0.2) is 37.1 Å². The van der Waals surface area contributed by atoms with Gasteiger partial charge >= 0.3 is 0 Å². The Labute approximate surface area is 163 Å². The first-order valence-corrected chi connectivity index (χ1v) is 10.8. The molecule has 1 heterocycles. The van der Waals surface area contributed by atoms with Crippen molar-refractivity contribution in [3.63, 3.8) is 0 Å². The quantitative estimate of drug-likeness (QED) is 0.499.